The number of nitro groups is 1. The highest BCUT2D eigenvalue weighted by atomic mass is 16.6. The molecule has 150 valence electrons. The van der Waals surface area contributed by atoms with Crippen LogP contribution in [0.25, 0.3) is 0 Å². The Balaban J connectivity index is 2.38. The summed E-state index contributed by atoms with van der Waals surface area (Å²) < 4.78 is 21.2. The van der Waals surface area contributed by atoms with Crippen LogP contribution in [0.2, 0.25) is 0 Å². The van der Waals surface area contributed by atoms with E-state index in [1.165, 1.54) is 51.5 Å². The Hall–Kier alpha value is -3.49. The highest BCUT2D eigenvalue weighted by Gasteiger charge is 2.23. The standard InChI is InChI=1S/C19H22N2O7/c1-20(11-12-6-8-16(26-3)18(28-5)17(12)27-4)19(22)14-10-13(21(23)24)7-9-15(14)25-2/h6-10H,11H2,1-5H3. The molecule has 28 heavy (non-hydrogen) atoms. The molecule has 0 aliphatic carbocycles. The minimum Gasteiger partial charge on any atom is -0.496 e. The summed E-state index contributed by atoms with van der Waals surface area (Å²) in [5, 5.41) is 11.0. The summed E-state index contributed by atoms with van der Waals surface area (Å²) in [5.74, 6) is 1.17. The lowest BCUT2D eigenvalue weighted by Crippen LogP contribution is -2.27. The highest BCUT2D eigenvalue weighted by molar-refractivity contribution is 5.97. The fraction of sp³-hybridized carbons (Fsp3) is 0.316. The predicted octanol–water partition coefficient (Wildman–Crippen LogP) is 2.90. The molecule has 1 amide bonds. The molecule has 0 N–H and O–H groups in total. The molecular weight excluding hydrogens is 368 g/mol. The van der Waals surface area contributed by atoms with Gasteiger partial charge in [0.1, 0.15) is 5.75 Å². The molecule has 0 saturated carbocycles. The summed E-state index contributed by atoms with van der Waals surface area (Å²) in [6.07, 6.45) is 0. The van der Waals surface area contributed by atoms with Crippen molar-refractivity contribution < 1.29 is 28.7 Å². The Kier molecular flexibility index (Phi) is 6.64. The number of methoxy groups -OCH3 is 4. The van der Waals surface area contributed by atoms with Gasteiger partial charge in [0.2, 0.25) is 5.75 Å². The lowest BCUT2D eigenvalue weighted by atomic mass is 10.1. The molecule has 2 aromatic rings. The van der Waals surface area contributed by atoms with Gasteiger partial charge in [-0.05, 0) is 18.2 Å². The van der Waals surface area contributed by atoms with E-state index >= 15 is 0 Å². The largest absolute Gasteiger partial charge is 0.496 e. The van der Waals surface area contributed by atoms with Gasteiger partial charge in [-0.1, -0.05) is 0 Å². The first kappa shape index (κ1) is 20.8. The number of hydrogen-bond acceptors (Lipinski definition) is 7. The van der Waals surface area contributed by atoms with Gasteiger partial charge >= 0.3 is 0 Å². The molecule has 9 nitrogen and oxygen atoms in total. The molecule has 0 unspecified atom stereocenters. The van der Waals surface area contributed by atoms with Gasteiger partial charge in [0.25, 0.3) is 11.6 Å². The zero-order valence-corrected chi connectivity index (χ0v) is 16.3. The average molecular weight is 390 g/mol. The van der Waals surface area contributed by atoms with Gasteiger partial charge in [-0.3, -0.25) is 14.9 Å². The molecule has 0 heterocycles. The van der Waals surface area contributed by atoms with Crippen LogP contribution in [0.3, 0.4) is 0 Å². The van der Waals surface area contributed by atoms with Crippen LogP contribution in [0, 0.1) is 10.1 Å². The van der Waals surface area contributed by atoms with Crippen molar-refractivity contribution in [3.63, 3.8) is 0 Å². The number of amides is 1. The Morgan fingerprint density at radius 1 is 0.964 bits per heavy atom. The monoisotopic (exact) mass is 390 g/mol. The van der Waals surface area contributed by atoms with Crippen LogP contribution in [0.5, 0.6) is 23.0 Å². The minimum atomic E-state index is -0.562. The maximum absolute atomic E-state index is 12.9. The van der Waals surface area contributed by atoms with E-state index in [9.17, 15) is 14.9 Å². The zero-order valence-electron chi connectivity index (χ0n) is 16.3. The molecular formula is C19H22N2O7. The van der Waals surface area contributed by atoms with E-state index in [0.29, 0.717) is 22.8 Å². The van der Waals surface area contributed by atoms with Gasteiger partial charge in [0.05, 0.1) is 38.9 Å². The molecule has 0 spiro atoms. The quantitative estimate of drug-likeness (QED) is 0.505. The van der Waals surface area contributed by atoms with Gasteiger partial charge in [0, 0.05) is 31.3 Å². The Morgan fingerprint density at radius 2 is 1.57 bits per heavy atom. The summed E-state index contributed by atoms with van der Waals surface area (Å²) in [4.78, 5) is 24.8. The second kappa shape index (κ2) is 8.94. The van der Waals surface area contributed by atoms with Crippen molar-refractivity contribution in [3.8, 4) is 23.0 Å². The summed E-state index contributed by atoms with van der Waals surface area (Å²) in [5.41, 5.74) is 0.584. The SMILES string of the molecule is COc1ccc([N+](=O)[O-])cc1C(=O)N(C)Cc1ccc(OC)c(OC)c1OC. The van der Waals surface area contributed by atoms with E-state index in [0.717, 1.165) is 0 Å². The number of nitrogens with zero attached hydrogens (tertiary/aromatic N) is 2. The zero-order chi connectivity index (χ0) is 20.8. The van der Waals surface area contributed by atoms with E-state index in [1.54, 1.807) is 19.2 Å². The van der Waals surface area contributed by atoms with Crippen molar-refractivity contribution in [2.45, 2.75) is 6.54 Å². The first-order chi connectivity index (χ1) is 13.4. The van der Waals surface area contributed by atoms with Crippen LogP contribution in [0.4, 0.5) is 5.69 Å². The number of nitro benzene ring substituents is 1. The van der Waals surface area contributed by atoms with E-state index in [1.807, 2.05) is 0 Å². The van der Waals surface area contributed by atoms with Crippen molar-refractivity contribution in [3.05, 3.63) is 51.6 Å². The minimum absolute atomic E-state index is 0.0960. The molecule has 0 aliphatic heterocycles. The summed E-state index contributed by atoms with van der Waals surface area (Å²) in [7, 11) is 7.48. The smallest absolute Gasteiger partial charge is 0.270 e. The Bertz CT molecular complexity index is 883. The molecule has 0 saturated heterocycles. The third-order valence-corrected chi connectivity index (χ3v) is 4.16. The van der Waals surface area contributed by atoms with E-state index in [-0.39, 0.29) is 23.5 Å². The van der Waals surface area contributed by atoms with Crippen LogP contribution >= 0.6 is 0 Å². The summed E-state index contributed by atoms with van der Waals surface area (Å²) in [6, 6.07) is 7.35. The normalized spacial score (nSPS) is 10.2. The lowest BCUT2D eigenvalue weighted by Gasteiger charge is -2.21. The summed E-state index contributed by atoms with van der Waals surface area (Å²) >= 11 is 0. The number of hydrogen-bond donors (Lipinski definition) is 0. The molecule has 0 aliphatic rings. The van der Waals surface area contributed by atoms with Gasteiger partial charge in [-0.15, -0.1) is 0 Å². The molecule has 0 bridgehead atoms. The maximum atomic E-state index is 12.9. The number of rotatable bonds is 8. The molecule has 0 aromatic heterocycles. The van der Waals surface area contributed by atoms with Crippen molar-refractivity contribution >= 4 is 11.6 Å². The van der Waals surface area contributed by atoms with Gasteiger partial charge in [-0.2, -0.15) is 0 Å². The Morgan fingerprint density at radius 3 is 2.11 bits per heavy atom. The second-order valence-electron chi connectivity index (χ2n) is 5.80. The topological polar surface area (TPSA) is 100 Å². The van der Waals surface area contributed by atoms with E-state index in [2.05, 4.69) is 0 Å². The molecule has 9 heteroatoms. The third kappa shape index (κ3) is 4.08. The first-order valence-electron chi connectivity index (χ1n) is 8.23. The molecule has 0 fully saturated rings. The summed E-state index contributed by atoms with van der Waals surface area (Å²) in [6.45, 7) is 0.175. The van der Waals surface area contributed by atoms with Crippen molar-refractivity contribution in [1.29, 1.82) is 0 Å². The highest BCUT2D eigenvalue weighted by Crippen LogP contribution is 2.40. The third-order valence-electron chi connectivity index (χ3n) is 4.16. The average Bonchev–Trinajstić information content (AvgIpc) is 2.71. The molecule has 2 aromatic carbocycles. The van der Waals surface area contributed by atoms with Gasteiger partial charge < -0.3 is 23.8 Å². The van der Waals surface area contributed by atoms with Crippen LogP contribution in [0.1, 0.15) is 15.9 Å². The second-order valence-corrected chi connectivity index (χ2v) is 5.80. The van der Waals surface area contributed by atoms with Gasteiger partial charge in [0.15, 0.2) is 11.5 Å². The lowest BCUT2D eigenvalue weighted by molar-refractivity contribution is -0.384. The number of carbonyl (C=O) groups is 1. The fourth-order valence-electron chi connectivity index (χ4n) is 2.80. The molecule has 2 rings (SSSR count). The van der Waals surface area contributed by atoms with Crippen LogP contribution in [0.15, 0.2) is 30.3 Å². The maximum Gasteiger partial charge on any atom is 0.270 e. The van der Waals surface area contributed by atoms with E-state index in [4.69, 9.17) is 18.9 Å². The van der Waals surface area contributed by atoms with Crippen molar-refractivity contribution in [2.75, 3.05) is 35.5 Å². The number of benzene rings is 2. The molecule has 0 radical (unpaired) electrons. The first-order valence-corrected chi connectivity index (χ1v) is 8.23. The predicted molar refractivity (Wildman–Crippen MR) is 102 cm³/mol. The Labute approximate surface area is 162 Å². The number of carbonyl (C=O) groups excluding carboxylic acids is 1. The van der Waals surface area contributed by atoms with E-state index < -0.39 is 10.8 Å². The fourth-order valence-corrected chi connectivity index (χ4v) is 2.80. The van der Waals surface area contributed by atoms with Crippen LogP contribution in [-0.4, -0.2) is 51.2 Å². The number of ether oxygens (including phenoxy) is 4. The molecule has 0 atom stereocenters. The van der Waals surface area contributed by atoms with Crippen LogP contribution in [-0.2, 0) is 6.54 Å². The van der Waals surface area contributed by atoms with Gasteiger partial charge in [-0.25, -0.2) is 0 Å². The van der Waals surface area contributed by atoms with Crippen molar-refractivity contribution in [1.82, 2.24) is 4.90 Å². The van der Waals surface area contributed by atoms with Crippen molar-refractivity contribution in [2.24, 2.45) is 0 Å². The van der Waals surface area contributed by atoms with Crippen LogP contribution < -0.4 is 18.9 Å². The number of non-ortho nitro benzene ring substituents is 1.